The van der Waals surface area contributed by atoms with E-state index in [1.165, 1.54) is 6.26 Å². The Morgan fingerprint density at radius 2 is 1.96 bits per heavy atom. The summed E-state index contributed by atoms with van der Waals surface area (Å²) in [5, 5.41) is 6.62. The quantitative estimate of drug-likeness (QED) is 0.221. The molecule has 0 atom stereocenters. The van der Waals surface area contributed by atoms with E-state index in [0.29, 0.717) is 18.0 Å². The minimum absolute atomic E-state index is 0. The summed E-state index contributed by atoms with van der Waals surface area (Å²) in [6.07, 6.45) is 5.74. The molecule has 2 N–H and O–H groups in total. The van der Waals surface area contributed by atoms with Crippen LogP contribution in [0.25, 0.3) is 0 Å². The number of sulfone groups is 1. The van der Waals surface area contributed by atoms with Crippen LogP contribution in [0.5, 0.6) is 0 Å². The smallest absolute Gasteiger partial charge is 0.191 e. The van der Waals surface area contributed by atoms with E-state index in [2.05, 4.69) is 21.9 Å². The van der Waals surface area contributed by atoms with Crippen LogP contribution < -0.4 is 10.6 Å². The van der Waals surface area contributed by atoms with Gasteiger partial charge in [0.1, 0.15) is 5.76 Å². The lowest BCUT2D eigenvalue weighted by molar-refractivity contribution is 0.507. The third-order valence-electron chi connectivity index (χ3n) is 3.90. The normalized spacial score (nSPS) is 11.8. The molecule has 0 saturated carbocycles. The number of nitrogens with one attached hydrogen (secondary N) is 2. The van der Waals surface area contributed by atoms with E-state index in [9.17, 15) is 8.42 Å². The Hall–Kier alpha value is -1.20. The Labute approximate surface area is 188 Å². The summed E-state index contributed by atoms with van der Waals surface area (Å²) in [4.78, 5) is 4.99. The van der Waals surface area contributed by atoms with Gasteiger partial charge >= 0.3 is 0 Å². The van der Waals surface area contributed by atoms with E-state index in [0.717, 1.165) is 41.6 Å². The van der Waals surface area contributed by atoms with Crippen LogP contribution in [0.3, 0.4) is 0 Å². The third kappa shape index (κ3) is 8.44. The molecular formula is C19H28IN3O3S2. The molecule has 0 bridgehead atoms. The van der Waals surface area contributed by atoms with E-state index in [1.807, 2.05) is 31.2 Å². The first-order valence-electron chi connectivity index (χ1n) is 8.73. The molecule has 0 aliphatic heterocycles. The zero-order chi connectivity index (χ0) is 19.7. The highest BCUT2D eigenvalue weighted by Crippen LogP contribution is 2.17. The van der Waals surface area contributed by atoms with E-state index in [4.69, 9.17) is 4.42 Å². The number of nitrogens with zero attached hydrogens (tertiary/aromatic N) is 1. The molecule has 1 aromatic heterocycles. The van der Waals surface area contributed by atoms with Gasteiger partial charge in [0.15, 0.2) is 15.8 Å². The molecule has 0 amide bonds. The second kappa shape index (κ2) is 12.4. The number of guanidine groups is 1. The fraction of sp³-hybridized carbons (Fsp3) is 0.421. The molecule has 6 nitrogen and oxygen atoms in total. The summed E-state index contributed by atoms with van der Waals surface area (Å²) in [6, 6.07) is 9.17. The number of furan rings is 1. The highest BCUT2D eigenvalue weighted by molar-refractivity contribution is 14.0. The largest absolute Gasteiger partial charge is 0.469 e. The number of aryl methyl sites for hydroxylation is 1. The van der Waals surface area contributed by atoms with Gasteiger partial charge in [-0.3, -0.25) is 0 Å². The van der Waals surface area contributed by atoms with Gasteiger partial charge in [-0.15, -0.1) is 24.0 Å². The zero-order valence-corrected chi connectivity index (χ0v) is 20.4. The SMILES string of the molecule is CSCCNC(=NCc1ccc(S(C)(=O)=O)c(C)c1)NCCc1ccco1.I. The number of benzene rings is 1. The molecule has 0 fully saturated rings. The first-order valence-corrected chi connectivity index (χ1v) is 12.0. The highest BCUT2D eigenvalue weighted by atomic mass is 127. The maximum atomic E-state index is 11.7. The van der Waals surface area contributed by atoms with Crippen molar-refractivity contribution in [3.8, 4) is 0 Å². The molecule has 156 valence electrons. The van der Waals surface area contributed by atoms with Crippen molar-refractivity contribution in [1.82, 2.24) is 10.6 Å². The number of thioether (sulfide) groups is 1. The van der Waals surface area contributed by atoms with Crippen molar-refractivity contribution in [3.05, 3.63) is 53.5 Å². The average molecular weight is 537 g/mol. The van der Waals surface area contributed by atoms with Crippen molar-refractivity contribution in [2.75, 3.05) is 31.4 Å². The van der Waals surface area contributed by atoms with Crippen molar-refractivity contribution in [2.45, 2.75) is 24.8 Å². The molecule has 0 saturated heterocycles. The lowest BCUT2D eigenvalue weighted by atomic mass is 10.1. The van der Waals surface area contributed by atoms with Crippen LogP contribution in [0.15, 0.2) is 50.9 Å². The number of rotatable bonds is 9. The molecular weight excluding hydrogens is 509 g/mol. The molecule has 0 radical (unpaired) electrons. The second-order valence-corrected chi connectivity index (χ2v) is 9.18. The van der Waals surface area contributed by atoms with E-state index >= 15 is 0 Å². The predicted molar refractivity (Wildman–Crippen MR) is 128 cm³/mol. The van der Waals surface area contributed by atoms with Crippen LogP contribution in [0, 0.1) is 6.92 Å². The summed E-state index contributed by atoms with van der Waals surface area (Å²) < 4.78 is 28.8. The van der Waals surface area contributed by atoms with Crippen molar-refractivity contribution in [2.24, 2.45) is 4.99 Å². The van der Waals surface area contributed by atoms with E-state index in [1.54, 1.807) is 24.1 Å². The third-order valence-corrected chi connectivity index (χ3v) is 5.77. The van der Waals surface area contributed by atoms with Crippen LogP contribution in [0.4, 0.5) is 0 Å². The zero-order valence-electron chi connectivity index (χ0n) is 16.4. The molecule has 0 unspecified atom stereocenters. The lowest BCUT2D eigenvalue weighted by Gasteiger charge is -2.12. The van der Waals surface area contributed by atoms with Gasteiger partial charge in [-0.05, 0) is 42.5 Å². The van der Waals surface area contributed by atoms with Gasteiger partial charge in [-0.25, -0.2) is 13.4 Å². The molecule has 0 spiro atoms. The Morgan fingerprint density at radius 3 is 2.57 bits per heavy atom. The molecule has 1 aromatic carbocycles. The Morgan fingerprint density at radius 1 is 1.21 bits per heavy atom. The maximum Gasteiger partial charge on any atom is 0.191 e. The predicted octanol–water partition coefficient (Wildman–Crippen LogP) is 3.25. The standard InChI is InChI=1S/C19H27N3O3S2.HI/c1-15-13-16(6-7-18(15)27(3,23)24)14-22-19(21-10-12-26-2)20-9-8-17-5-4-11-25-17;/h4-7,11,13H,8-10,12,14H2,1-3H3,(H2,20,21,22);1H. The first kappa shape index (κ1) is 24.8. The Kier molecular flexibility index (Phi) is 11.0. The summed E-state index contributed by atoms with van der Waals surface area (Å²) in [5.74, 6) is 2.65. The fourth-order valence-electron chi connectivity index (χ4n) is 2.60. The van der Waals surface area contributed by atoms with Gasteiger partial charge in [-0.1, -0.05) is 12.1 Å². The monoisotopic (exact) mass is 537 g/mol. The number of halogens is 1. The first-order chi connectivity index (χ1) is 12.9. The van der Waals surface area contributed by atoms with Crippen molar-refractivity contribution < 1.29 is 12.8 Å². The van der Waals surface area contributed by atoms with Crippen LogP contribution >= 0.6 is 35.7 Å². The van der Waals surface area contributed by atoms with Crippen LogP contribution in [0.1, 0.15) is 16.9 Å². The fourth-order valence-corrected chi connectivity index (χ4v) is 3.87. The van der Waals surface area contributed by atoms with Gasteiger partial charge in [0.2, 0.25) is 0 Å². The molecule has 0 aliphatic carbocycles. The summed E-state index contributed by atoms with van der Waals surface area (Å²) >= 11 is 1.77. The lowest BCUT2D eigenvalue weighted by Crippen LogP contribution is -2.39. The number of aliphatic imine (C=N–C) groups is 1. The van der Waals surface area contributed by atoms with Crippen molar-refractivity contribution >= 4 is 51.5 Å². The average Bonchev–Trinajstić information content (AvgIpc) is 3.11. The molecule has 2 aromatic rings. The van der Waals surface area contributed by atoms with Crippen LogP contribution in [0.2, 0.25) is 0 Å². The van der Waals surface area contributed by atoms with Crippen molar-refractivity contribution in [1.29, 1.82) is 0 Å². The van der Waals surface area contributed by atoms with E-state index < -0.39 is 9.84 Å². The van der Waals surface area contributed by atoms with Gasteiger partial charge in [0.05, 0.1) is 17.7 Å². The second-order valence-electron chi connectivity index (χ2n) is 6.21. The minimum Gasteiger partial charge on any atom is -0.469 e. The van der Waals surface area contributed by atoms with Gasteiger partial charge in [0, 0.05) is 31.5 Å². The van der Waals surface area contributed by atoms with Gasteiger partial charge in [0.25, 0.3) is 0 Å². The summed E-state index contributed by atoms with van der Waals surface area (Å²) in [6.45, 7) is 3.81. The van der Waals surface area contributed by atoms with Crippen LogP contribution in [-0.2, 0) is 22.8 Å². The summed E-state index contributed by atoms with van der Waals surface area (Å²) in [5.41, 5.74) is 1.71. The topological polar surface area (TPSA) is 83.7 Å². The molecule has 28 heavy (non-hydrogen) atoms. The summed E-state index contributed by atoms with van der Waals surface area (Å²) in [7, 11) is -3.20. The molecule has 1 heterocycles. The van der Waals surface area contributed by atoms with Crippen LogP contribution in [-0.4, -0.2) is 45.7 Å². The molecule has 2 rings (SSSR count). The van der Waals surface area contributed by atoms with Gasteiger partial charge < -0.3 is 15.1 Å². The molecule has 9 heteroatoms. The highest BCUT2D eigenvalue weighted by Gasteiger charge is 2.10. The minimum atomic E-state index is -3.20. The van der Waals surface area contributed by atoms with E-state index in [-0.39, 0.29) is 24.0 Å². The Balaban J connectivity index is 0.00000392. The van der Waals surface area contributed by atoms with Crippen molar-refractivity contribution in [3.63, 3.8) is 0 Å². The Bertz CT molecular complexity index is 853. The van der Waals surface area contributed by atoms with Gasteiger partial charge in [-0.2, -0.15) is 11.8 Å². The maximum absolute atomic E-state index is 11.7. The number of hydrogen-bond acceptors (Lipinski definition) is 5. The number of hydrogen-bond donors (Lipinski definition) is 2. The molecule has 0 aliphatic rings.